The third-order valence-electron chi connectivity index (χ3n) is 5.30. The van der Waals surface area contributed by atoms with Gasteiger partial charge in [0.1, 0.15) is 10.6 Å². The summed E-state index contributed by atoms with van der Waals surface area (Å²) in [5.41, 5.74) is 0.868. The van der Waals surface area contributed by atoms with Gasteiger partial charge in [0.2, 0.25) is 10.0 Å². The van der Waals surface area contributed by atoms with Crippen LogP contribution in [0.1, 0.15) is 33.7 Å². The summed E-state index contributed by atoms with van der Waals surface area (Å²) in [5, 5.41) is 0.554. The number of ether oxygens (including phenoxy) is 1. The third kappa shape index (κ3) is 5.00. The normalized spacial score (nSPS) is 17.7. The Morgan fingerprint density at radius 3 is 2.55 bits per heavy atom. The van der Waals surface area contributed by atoms with E-state index in [2.05, 4.69) is 9.97 Å². The van der Waals surface area contributed by atoms with Crippen LogP contribution in [0.15, 0.2) is 40.5 Å². The van der Waals surface area contributed by atoms with E-state index in [0.717, 1.165) is 25.9 Å². The van der Waals surface area contributed by atoms with E-state index in [1.54, 1.807) is 23.2 Å². The van der Waals surface area contributed by atoms with Gasteiger partial charge in [-0.15, -0.1) is 0 Å². The molecular weight excluding hydrogens is 440 g/mol. The lowest BCUT2D eigenvalue weighted by Crippen LogP contribution is -2.40. The predicted octanol–water partition coefficient (Wildman–Crippen LogP) is 1.64. The fourth-order valence-electron chi connectivity index (χ4n) is 3.53. The number of hydrogen-bond donors (Lipinski definition) is 1. The van der Waals surface area contributed by atoms with Gasteiger partial charge in [-0.1, -0.05) is 11.8 Å². The number of carbonyl (C=O) groups is 2. The zero-order valence-electron chi connectivity index (χ0n) is 17.0. The van der Waals surface area contributed by atoms with Crippen molar-refractivity contribution in [1.29, 1.82) is 0 Å². The number of hydrogen-bond acceptors (Lipinski definition) is 7. The van der Waals surface area contributed by atoms with Crippen LogP contribution in [0.5, 0.6) is 0 Å². The molecule has 1 amide bonds. The molecule has 31 heavy (non-hydrogen) atoms. The zero-order chi connectivity index (χ0) is 21.8. The van der Waals surface area contributed by atoms with Crippen LogP contribution in [0.3, 0.4) is 0 Å². The molecule has 1 N–H and O–H groups in total. The van der Waals surface area contributed by atoms with E-state index in [9.17, 15) is 18.0 Å². The Bertz CT molecular complexity index is 1040. The summed E-state index contributed by atoms with van der Waals surface area (Å²) >= 11 is 1.22. The first-order valence-electron chi connectivity index (χ1n) is 10.1. The predicted molar refractivity (Wildman–Crippen MR) is 115 cm³/mol. The molecule has 0 atom stereocenters. The standard InChI is InChI=1S/C20H24N4O5S2/c25-18(15-11-17(21-12-15)20(26)23-5-1-2-6-23)14-30-19-4-3-16(13-22-19)31(27,28)24-7-9-29-10-8-24/h3-4,11-13,21H,1-2,5-10,14H2. The van der Waals surface area contributed by atoms with E-state index >= 15 is 0 Å². The molecule has 0 saturated carbocycles. The van der Waals surface area contributed by atoms with Crippen LogP contribution in [0, 0.1) is 0 Å². The molecule has 2 saturated heterocycles. The number of sulfonamides is 1. The van der Waals surface area contributed by atoms with Gasteiger partial charge in [0.15, 0.2) is 5.78 Å². The van der Waals surface area contributed by atoms with Gasteiger partial charge in [-0.2, -0.15) is 4.31 Å². The van der Waals surface area contributed by atoms with Crippen LogP contribution < -0.4 is 0 Å². The van der Waals surface area contributed by atoms with Crippen molar-refractivity contribution in [3.05, 3.63) is 41.9 Å². The van der Waals surface area contributed by atoms with Crippen LogP contribution in [0.4, 0.5) is 0 Å². The van der Waals surface area contributed by atoms with E-state index in [0.29, 0.717) is 42.6 Å². The molecule has 0 aromatic carbocycles. The molecule has 4 rings (SSSR count). The number of aromatic nitrogens is 2. The number of likely N-dealkylation sites (tertiary alicyclic amines) is 1. The summed E-state index contributed by atoms with van der Waals surface area (Å²) in [6, 6.07) is 4.70. The summed E-state index contributed by atoms with van der Waals surface area (Å²) < 4.78 is 31.9. The van der Waals surface area contributed by atoms with Crippen LogP contribution in [-0.4, -0.2) is 84.4 Å². The number of Topliss-reactive ketones (excluding diaryl/α,β-unsaturated/α-hetero) is 1. The Labute approximate surface area is 185 Å². The number of thioether (sulfide) groups is 1. The Kier molecular flexibility index (Phi) is 6.75. The minimum atomic E-state index is -3.59. The molecule has 9 nitrogen and oxygen atoms in total. The maximum absolute atomic E-state index is 12.6. The topological polar surface area (TPSA) is 113 Å². The van der Waals surface area contributed by atoms with E-state index in [4.69, 9.17) is 4.74 Å². The van der Waals surface area contributed by atoms with Crippen LogP contribution in [0.25, 0.3) is 0 Å². The molecule has 2 aliphatic rings. The smallest absolute Gasteiger partial charge is 0.270 e. The first kappa shape index (κ1) is 22.0. The minimum Gasteiger partial charge on any atom is -0.379 e. The molecule has 2 aliphatic heterocycles. The van der Waals surface area contributed by atoms with Gasteiger partial charge in [0.05, 0.1) is 24.0 Å². The zero-order valence-corrected chi connectivity index (χ0v) is 18.6. The highest BCUT2D eigenvalue weighted by Gasteiger charge is 2.26. The van der Waals surface area contributed by atoms with Crippen molar-refractivity contribution in [1.82, 2.24) is 19.2 Å². The van der Waals surface area contributed by atoms with Crippen molar-refractivity contribution in [2.24, 2.45) is 0 Å². The molecular formula is C20H24N4O5S2. The van der Waals surface area contributed by atoms with Crippen LogP contribution >= 0.6 is 11.8 Å². The highest BCUT2D eigenvalue weighted by molar-refractivity contribution is 7.99. The maximum Gasteiger partial charge on any atom is 0.270 e. The number of nitrogens with zero attached hydrogens (tertiary/aromatic N) is 3. The number of H-pyrrole nitrogens is 1. The van der Waals surface area contributed by atoms with E-state index in [1.165, 1.54) is 28.3 Å². The SMILES string of the molecule is O=C(CSc1ccc(S(=O)(=O)N2CCOCC2)cn1)c1c[nH]c(C(=O)N2CCCC2)c1. The third-order valence-corrected chi connectivity index (χ3v) is 8.12. The molecule has 0 spiro atoms. The quantitative estimate of drug-likeness (QED) is 0.490. The van der Waals surface area contributed by atoms with Crippen molar-refractivity contribution in [3.8, 4) is 0 Å². The second-order valence-corrected chi connectivity index (χ2v) is 10.3. The number of amides is 1. The molecule has 2 fully saturated rings. The lowest BCUT2D eigenvalue weighted by molar-refractivity contribution is 0.0730. The first-order chi connectivity index (χ1) is 14.9. The van der Waals surface area contributed by atoms with Crippen molar-refractivity contribution in [2.45, 2.75) is 22.8 Å². The summed E-state index contributed by atoms with van der Waals surface area (Å²) in [4.78, 5) is 33.9. The molecule has 11 heteroatoms. The molecule has 0 bridgehead atoms. The van der Waals surface area contributed by atoms with E-state index < -0.39 is 10.0 Å². The number of morpholine rings is 1. The lowest BCUT2D eigenvalue weighted by atomic mass is 10.2. The monoisotopic (exact) mass is 464 g/mol. The van der Waals surface area contributed by atoms with Gasteiger partial charge in [-0.05, 0) is 31.0 Å². The van der Waals surface area contributed by atoms with Crippen molar-refractivity contribution < 1.29 is 22.7 Å². The minimum absolute atomic E-state index is 0.0806. The average Bonchev–Trinajstić information content (AvgIpc) is 3.50. The summed E-state index contributed by atoms with van der Waals surface area (Å²) in [5.74, 6) is -0.0749. The van der Waals surface area contributed by atoms with E-state index in [1.807, 2.05) is 0 Å². The Morgan fingerprint density at radius 1 is 1.13 bits per heavy atom. The van der Waals surface area contributed by atoms with Crippen LogP contribution in [0.2, 0.25) is 0 Å². The van der Waals surface area contributed by atoms with Crippen molar-refractivity contribution in [2.75, 3.05) is 45.1 Å². The van der Waals surface area contributed by atoms with Gasteiger partial charge in [-0.25, -0.2) is 13.4 Å². The molecule has 4 heterocycles. The number of carbonyl (C=O) groups excluding carboxylic acids is 2. The molecule has 0 unspecified atom stereocenters. The van der Waals surface area contributed by atoms with Gasteiger partial charge < -0.3 is 14.6 Å². The first-order valence-corrected chi connectivity index (χ1v) is 12.6. The van der Waals surface area contributed by atoms with E-state index in [-0.39, 0.29) is 22.3 Å². The fraction of sp³-hybridized carbons (Fsp3) is 0.450. The lowest BCUT2D eigenvalue weighted by Gasteiger charge is -2.25. The fourth-order valence-corrected chi connectivity index (χ4v) is 5.62. The van der Waals surface area contributed by atoms with Crippen molar-refractivity contribution >= 4 is 33.5 Å². The molecule has 0 radical (unpaired) electrons. The largest absolute Gasteiger partial charge is 0.379 e. The Hall–Kier alpha value is -2.21. The van der Waals surface area contributed by atoms with Gasteiger partial charge >= 0.3 is 0 Å². The molecule has 2 aromatic heterocycles. The number of aromatic amines is 1. The molecule has 0 aliphatic carbocycles. The maximum atomic E-state index is 12.6. The highest BCUT2D eigenvalue weighted by atomic mass is 32.2. The molecule has 166 valence electrons. The summed E-state index contributed by atoms with van der Waals surface area (Å²) in [7, 11) is -3.59. The Balaban J connectivity index is 1.34. The number of pyridine rings is 1. The Morgan fingerprint density at radius 2 is 1.87 bits per heavy atom. The summed E-state index contributed by atoms with van der Waals surface area (Å²) in [6.07, 6.45) is 4.89. The number of nitrogens with one attached hydrogen (secondary N) is 1. The molecule has 2 aromatic rings. The second-order valence-electron chi connectivity index (χ2n) is 7.36. The van der Waals surface area contributed by atoms with Gasteiger partial charge in [0, 0.05) is 44.1 Å². The second kappa shape index (κ2) is 9.51. The highest BCUT2D eigenvalue weighted by Crippen LogP contribution is 2.22. The van der Waals surface area contributed by atoms with Crippen molar-refractivity contribution in [3.63, 3.8) is 0 Å². The average molecular weight is 465 g/mol. The van der Waals surface area contributed by atoms with Crippen LogP contribution in [-0.2, 0) is 14.8 Å². The number of rotatable bonds is 7. The number of ketones is 1. The summed E-state index contributed by atoms with van der Waals surface area (Å²) in [6.45, 7) is 2.92. The van der Waals surface area contributed by atoms with Gasteiger partial charge in [0.25, 0.3) is 5.91 Å². The van der Waals surface area contributed by atoms with Gasteiger partial charge in [-0.3, -0.25) is 9.59 Å².